The first-order chi connectivity index (χ1) is 11.7. The van der Waals surface area contributed by atoms with Crippen molar-refractivity contribution < 1.29 is 19.0 Å². The number of benzene rings is 2. The summed E-state index contributed by atoms with van der Waals surface area (Å²) in [7, 11) is 1.56. The summed E-state index contributed by atoms with van der Waals surface area (Å²) < 4.78 is 15.8. The molecule has 0 bridgehead atoms. The van der Waals surface area contributed by atoms with Gasteiger partial charge in [0.2, 0.25) is 6.79 Å². The van der Waals surface area contributed by atoms with E-state index in [1.54, 1.807) is 19.2 Å². The molecule has 0 aliphatic carbocycles. The molecule has 6 nitrogen and oxygen atoms in total. The zero-order chi connectivity index (χ0) is 16.9. The highest BCUT2D eigenvalue weighted by Crippen LogP contribution is 2.32. The summed E-state index contributed by atoms with van der Waals surface area (Å²) in [5, 5.41) is 6.17. The molecule has 0 radical (unpaired) electrons. The van der Waals surface area contributed by atoms with E-state index in [1.165, 1.54) is 0 Å². The summed E-state index contributed by atoms with van der Waals surface area (Å²) in [6.45, 7) is 0.961. The van der Waals surface area contributed by atoms with Crippen molar-refractivity contribution in [3.05, 3.63) is 52.5 Å². The molecule has 0 spiro atoms. The van der Waals surface area contributed by atoms with Gasteiger partial charge in [-0.2, -0.15) is 0 Å². The Hall–Kier alpha value is -2.60. The Morgan fingerprint density at radius 3 is 2.75 bits per heavy atom. The maximum atomic E-state index is 11.9. The number of nitrogens with one attached hydrogen (secondary N) is 2. The zero-order valence-corrected chi connectivity index (χ0v) is 13.9. The topological polar surface area (TPSA) is 68.8 Å². The molecule has 2 aromatic rings. The lowest BCUT2D eigenvalue weighted by molar-refractivity contribution is 0.174. The van der Waals surface area contributed by atoms with Crippen LogP contribution in [0.1, 0.15) is 11.1 Å². The second-order valence-electron chi connectivity index (χ2n) is 5.18. The first-order valence-electron chi connectivity index (χ1n) is 7.38. The monoisotopic (exact) mass is 348 g/mol. The van der Waals surface area contributed by atoms with Gasteiger partial charge >= 0.3 is 6.03 Å². The molecule has 3 rings (SSSR count). The Kier molecular flexibility index (Phi) is 4.96. The maximum absolute atomic E-state index is 11.9. The predicted octanol–water partition coefficient (Wildman–Crippen LogP) is 3.08. The number of rotatable bonds is 5. The number of urea groups is 1. The second kappa shape index (κ2) is 7.31. The van der Waals surface area contributed by atoms with Crippen LogP contribution in [-0.2, 0) is 13.1 Å². The normalized spacial score (nSPS) is 11.9. The van der Waals surface area contributed by atoms with Crippen LogP contribution in [0.3, 0.4) is 0 Å². The van der Waals surface area contributed by atoms with Gasteiger partial charge in [-0.05, 0) is 29.8 Å². The number of hydrogen-bond acceptors (Lipinski definition) is 4. The minimum absolute atomic E-state index is 0.232. The van der Waals surface area contributed by atoms with Gasteiger partial charge in [0, 0.05) is 23.7 Å². The summed E-state index contributed by atoms with van der Waals surface area (Å²) in [5.41, 5.74) is 1.78. The van der Waals surface area contributed by atoms with E-state index in [9.17, 15) is 4.79 Å². The molecule has 2 N–H and O–H groups in total. The molecular weight excluding hydrogens is 332 g/mol. The van der Waals surface area contributed by atoms with Crippen LogP contribution >= 0.6 is 11.6 Å². The predicted molar refractivity (Wildman–Crippen MR) is 89.6 cm³/mol. The van der Waals surface area contributed by atoms with Gasteiger partial charge in [-0.15, -0.1) is 0 Å². The van der Waals surface area contributed by atoms with Crippen molar-refractivity contribution in [1.82, 2.24) is 10.6 Å². The summed E-state index contributed by atoms with van der Waals surface area (Å²) in [6.07, 6.45) is 0. The van der Waals surface area contributed by atoms with Crippen LogP contribution in [-0.4, -0.2) is 19.9 Å². The lowest BCUT2D eigenvalue weighted by atomic mass is 10.2. The van der Waals surface area contributed by atoms with Crippen molar-refractivity contribution in [3.8, 4) is 17.2 Å². The minimum atomic E-state index is -0.273. The van der Waals surface area contributed by atoms with Gasteiger partial charge in [-0.25, -0.2) is 4.79 Å². The van der Waals surface area contributed by atoms with E-state index in [0.29, 0.717) is 29.6 Å². The van der Waals surface area contributed by atoms with E-state index in [1.807, 2.05) is 24.3 Å². The zero-order valence-electron chi connectivity index (χ0n) is 13.1. The number of ether oxygens (including phenoxy) is 3. The molecule has 0 saturated heterocycles. The third kappa shape index (κ3) is 3.83. The van der Waals surface area contributed by atoms with Crippen LogP contribution in [0.25, 0.3) is 0 Å². The third-order valence-corrected chi connectivity index (χ3v) is 3.81. The Labute approximate surface area is 144 Å². The van der Waals surface area contributed by atoms with E-state index in [-0.39, 0.29) is 12.8 Å². The Bertz CT molecular complexity index is 751. The molecule has 126 valence electrons. The molecule has 2 amide bonds. The van der Waals surface area contributed by atoms with Crippen LogP contribution in [0.15, 0.2) is 36.4 Å². The SMILES string of the molecule is COc1cc(Cl)ccc1CNC(=O)NCc1ccc2c(c1)OCO2. The Balaban J connectivity index is 1.51. The summed E-state index contributed by atoms with van der Waals surface area (Å²) in [6, 6.07) is 10.6. The molecule has 0 saturated carbocycles. The number of carbonyl (C=O) groups excluding carboxylic acids is 1. The fraction of sp³-hybridized carbons (Fsp3) is 0.235. The third-order valence-electron chi connectivity index (χ3n) is 3.58. The van der Waals surface area contributed by atoms with Gasteiger partial charge in [-0.1, -0.05) is 23.7 Å². The number of hydrogen-bond donors (Lipinski definition) is 2. The summed E-state index contributed by atoms with van der Waals surface area (Å²) in [4.78, 5) is 11.9. The molecule has 1 aliphatic rings. The molecule has 0 fully saturated rings. The Morgan fingerprint density at radius 1 is 1.12 bits per heavy atom. The van der Waals surface area contributed by atoms with Gasteiger partial charge in [-0.3, -0.25) is 0 Å². The summed E-state index contributed by atoms with van der Waals surface area (Å²) in [5.74, 6) is 2.05. The highest BCUT2D eigenvalue weighted by molar-refractivity contribution is 6.30. The first kappa shape index (κ1) is 16.3. The van der Waals surface area contributed by atoms with Crippen molar-refractivity contribution in [3.63, 3.8) is 0 Å². The quantitative estimate of drug-likeness (QED) is 0.871. The molecule has 0 atom stereocenters. The van der Waals surface area contributed by atoms with Crippen molar-refractivity contribution in [1.29, 1.82) is 0 Å². The van der Waals surface area contributed by atoms with E-state index in [2.05, 4.69) is 10.6 Å². The molecule has 0 unspecified atom stereocenters. The van der Waals surface area contributed by atoms with Crippen molar-refractivity contribution in [2.75, 3.05) is 13.9 Å². The minimum Gasteiger partial charge on any atom is -0.496 e. The molecular formula is C17H17ClN2O4. The van der Waals surface area contributed by atoms with Crippen molar-refractivity contribution >= 4 is 17.6 Å². The number of halogens is 1. The lowest BCUT2D eigenvalue weighted by Crippen LogP contribution is -2.34. The Morgan fingerprint density at radius 2 is 1.92 bits per heavy atom. The molecule has 24 heavy (non-hydrogen) atoms. The van der Waals surface area contributed by atoms with Crippen LogP contribution in [0.4, 0.5) is 4.79 Å². The average Bonchev–Trinajstić information content (AvgIpc) is 3.06. The van der Waals surface area contributed by atoms with Crippen LogP contribution < -0.4 is 24.8 Å². The van der Waals surface area contributed by atoms with E-state index in [0.717, 1.165) is 16.9 Å². The first-order valence-corrected chi connectivity index (χ1v) is 7.76. The van der Waals surface area contributed by atoms with Gasteiger partial charge in [0.15, 0.2) is 11.5 Å². The molecule has 1 heterocycles. The highest BCUT2D eigenvalue weighted by Gasteiger charge is 2.13. The van der Waals surface area contributed by atoms with Crippen molar-refractivity contribution in [2.24, 2.45) is 0 Å². The van der Waals surface area contributed by atoms with Gasteiger partial charge < -0.3 is 24.8 Å². The van der Waals surface area contributed by atoms with Gasteiger partial charge in [0.25, 0.3) is 0 Å². The van der Waals surface area contributed by atoms with E-state index >= 15 is 0 Å². The van der Waals surface area contributed by atoms with Crippen LogP contribution in [0.2, 0.25) is 5.02 Å². The van der Waals surface area contributed by atoms with Gasteiger partial charge in [0.05, 0.1) is 7.11 Å². The fourth-order valence-corrected chi connectivity index (χ4v) is 2.50. The number of fused-ring (bicyclic) bond motifs is 1. The number of methoxy groups -OCH3 is 1. The number of carbonyl (C=O) groups is 1. The summed E-state index contributed by atoms with van der Waals surface area (Å²) >= 11 is 5.92. The van der Waals surface area contributed by atoms with E-state index < -0.39 is 0 Å². The smallest absolute Gasteiger partial charge is 0.315 e. The largest absolute Gasteiger partial charge is 0.496 e. The van der Waals surface area contributed by atoms with Crippen LogP contribution in [0.5, 0.6) is 17.2 Å². The molecule has 1 aliphatic heterocycles. The lowest BCUT2D eigenvalue weighted by Gasteiger charge is -2.11. The fourth-order valence-electron chi connectivity index (χ4n) is 2.34. The van der Waals surface area contributed by atoms with Crippen molar-refractivity contribution in [2.45, 2.75) is 13.1 Å². The van der Waals surface area contributed by atoms with Gasteiger partial charge in [0.1, 0.15) is 5.75 Å². The van der Waals surface area contributed by atoms with E-state index in [4.69, 9.17) is 25.8 Å². The average molecular weight is 349 g/mol. The molecule has 0 aromatic heterocycles. The highest BCUT2D eigenvalue weighted by atomic mass is 35.5. The standard InChI is InChI=1S/C17H17ClN2O4/c1-22-15-7-13(18)4-3-12(15)9-20-17(21)19-8-11-2-5-14-16(6-11)24-10-23-14/h2-7H,8-10H2,1H3,(H2,19,20,21). The maximum Gasteiger partial charge on any atom is 0.315 e. The van der Waals surface area contributed by atoms with Crippen LogP contribution in [0, 0.1) is 0 Å². The second-order valence-corrected chi connectivity index (χ2v) is 5.62. The number of amides is 2. The molecule has 7 heteroatoms. The molecule has 2 aromatic carbocycles.